The van der Waals surface area contributed by atoms with Gasteiger partial charge in [0.1, 0.15) is 0 Å². The van der Waals surface area contributed by atoms with E-state index >= 15 is 0 Å². The minimum Gasteiger partial charge on any atom is -0.454 e. The molecule has 0 saturated heterocycles. The van der Waals surface area contributed by atoms with Crippen LogP contribution in [-0.2, 0) is 4.74 Å². The maximum Gasteiger partial charge on any atom is 0.339 e. The van der Waals surface area contributed by atoms with Gasteiger partial charge in [0, 0.05) is 0 Å². The van der Waals surface area contributed by atoms with Crippen LogP contribution in [-0.4, -0.2) is 18.4 Å². The standard InChI is InChI=1S/C18H20O3S/c1-10-11(2)13(4)17(14(5)12(10)3)18(20)21-9-15(19)16-7-6-8-22-16/h6-8H,9H2,1-5H3. The number of hydrogen-bond donors (Lipinski definition) is 0. The largest absolute Gasteiger partial charge is 0.454 e. The topological polar surface area (TPSA) is 43.4 Å². The molecule has 0 aliphatic heterocycles. The van der Waals surface area contributed by atoms with Gasteiger partial charge >= 0.3 is 5.97 Å². The Kier molecular flexibility index (Phi) is 4.81. The quantitative estimate of drug-likeness (QED) is 0.623. The summed E-state index contributed by atoms with van der Waals surface area (Å²) in [5, 5.41) is 1.83. The summed E-state index contributed by atoms with van der Waals surface area (Å²) >= 11 is 1.35. The van der Waals surface area contributed by atoms with Gasteiger partial charge in [-0.3, -0.25) is 4.79 Å². The number of ketones is 1. The SMILES string of the molecule is Cc1c(C)c(C)c(C(=O)OCC(=O)c2cccs2)c(C)c1C. The second-order valence-electron chi connectivity index (χ2n) is 5.48. The summed E-state index contributed by atoms with van der Waals surface area (Å²) in [5.41, 5.74) is 5.82. The van der Waals surface area contributed by atoms with E-state index in [-0.39, 0.29) is 12.4 Å². The molecule has 4 heteroatoms. The number of benzene rings is 1. The highest BCUT2D eigenvalue weighted by atomic mass is 32.1. The van der Waals surface area contributed by atoms with E-state index in [1.165, 1.54) is 16.9 Å². The van der Waals surface area contributed by atoms with E-state index in [9.17, 15) is 9.59 Å². The molecule has 0 N–H and O–H groups in total. The predicted octanol–water partition coefficient (Wildman–Crippen LogP) is 4.33. The molecule has 0 saturated carbocycles. The Labute approximate surface area is 134 Å². The van der Waals surface area contributed by atoms with Crippen molar-refractivity contribution in [3.63, 3.8) is 0 Å². The van der Waals surface area contributed by atoms with Gasteiger partial charge in [-0.25, -0.2) is 4.79 Å². The van der Waals surface area contributed by atoms with Crippen LogP contribution >= 0.6 is 11.3 Å². The van der Waals surface area contributed by atoms with Crippen molar-refractivity contribution in [1.29, 1.82) is 0 Å². The van der Waals surface area contributed by atoms with Crippen molar-refractivity contribution in [1.82, 2.24) is 0 Å². The number of rotatable bonds is 4. The second-order valence-corrected chi connectivity index (χ2v) is 6.42. The molecule has 22 heavy (non-hydrogen) atoms. The van der Waals surface area contributed by atoms with Crippen LogP contribution in [0.1, 0.15) is 47.8 Å². The zero-order valence-corrected chi connectivity index (χ0v) is 14.4. The average Bonchev–Trinajstić information content (AvgIpc) is 3.03. The molecule has 0 bridgehead atoms. The van der Waals surface area contributed by atoms with Crippen LogP contribution in [0.15, 0.2) is 17.5 Å². The Bertz CT molecular complexity index is 698. The van der Waals surface area contributed by atoms with E-state index in [2.05, 4.69) is 6.92 Å². The minimum absolute atomic E-state index is 0.167. The van der Waals surface area contributed by atoms with E-state index in [1.54, 1.807) is 12.1 Å². The molecule has 0 aliphatic rings. The van der Waals surface area contributed by atoms with Crippen molar-refractivity contribution in [3.8, 4) is 0 Å². The summed E-state index contributed by atoms with van der Waals surface area (Å²) in [7, 11) is 0. The van der Waals surface area contributed by atoms with Gasteiger partial charge in [-0.2, -0.15) is 0 Å². The molecule has 1 aromatic heterocycles. The molecule has 3 nitrogen and oxygen atoms in total. The minimum atomic E-state index is -0.425. The van der Waals surface area contributed by atoms with Gasteiger partial charge in [-0.05, 0) is 73.9 Å². The van der Waals surface area contributed by atoms with Crippen molar-refractivity contribution in [2.24, 2.45) is 0 Å². The molecule has 1 aromatic carbocycles. The summed E-state index contributed by atoms with van der Waals surface area (Å²) < 4.78 is 5.24. The summed E-state index contributed by atoms with van der Waals surface area (Å²) in [5.74, 6) is -0.592. The first kappa shape index (κ1) is 16.4. The van der Waals surface area contributed by atoms with Gasteiger partial charge in [0.25, 0.3) is 0 Å². The molecule has 0 aliphatic carbocycles. The highest BCUT2D eigenvalue weighted by molar-refractivity contribution is 7.12. The Morgan fingerprint density at radius 1 is 0.955 bits per heavy atom. The molecule has 1 heterocycles. The van der Waals surface area contributed by atoms with Crippen molar-refractivity contribution >= 4 is 23.1 Å². The number of carbonyl (C=O) groups excluding carboxylic acids is 2. The lowest BCUT2D eigenvalue weighted by molar-refractivity contribution is 0.0474. The average molecular weight is 316 g/mol. The predicted molar refractivity (Wildman–Crippen MR) is 89.1 cm³/mol. The number of thiophene rings is 1. The Hall–Kier alpha value is -1.94. The number of esters is 1. The molecule has 0 radical (unpaired) electrons. The van der Waals surface area contributed by atoms with E-state index in [0.717, 1.165) is 22.3 Å². The van der Waals surface area contributed by atoms with Crippen LogP contribution in [0.2, 0.25) is 0 Å². The molecule has 0 amide bonds. The van der Waals surface area contributed by atoms with Gasteiger partial charge in [0.15, 0.2) is 6.61 Å². The Balaban J connectivity index is 2.22. The van der Waals surface area contributed by atoms with Gasteiger partial charge in [-0.15, -0.1) is 11.3 Å². The van der Waals surface area contributed by atoms with Crippen molar-refractivity contribution in [2.45, 2.75) is 34.6 Å². The van der Waals surface area contributed by atoms with Gasteiger partial charge < -0.3 is 4.74 Å². The molecule has 0 unspecified atom stereocenters. The van der Waals surface area contributed by atoms with Crippen molar-refractivity contribution in [2.75, 3.05) is 6.61 Å². The molecule has 2 aromatic rings. The smallest absolute Gasteiger partial charge is 0.339 e. The number of Topliss-reactive ketones (excluding diaryl/α,β-unsaturated/α-hetero) is 1. The number of hydrogen-bond acceptors (Lipinski definition) is 4. The summed E-state index contributed by atoms with van der Waals surface area (Å²) in [4.78, 5) is 24.9. The van der Waals surface area contributed by atoms with E-state index < -0.39 is 5.97 Å². The lowest BCUT2D eigenvalue weighted by atomic mass is 9.90. The van der Waals surface area contributed by atoms with Crippen LogP contribution in [0.4, 0.5) is 0 Å². The normalized spacial score (nSPS) is 10.6. The summed E-state index contributed by atoms with van der Waals surface area (Å²) in [6.45, 7) is 9.69. The van der Waals surface area contributed by atoms with E-state index in [0.29, 0.717) is 10.4 Å². The first-order valence-electron chi connectivity index (χ1n) is 7.15. The Morgan fingerprint density at radius 3 is 2.00 bits per heavy atom. The highest BCUT2D eigenvalue weighted by Crippen LogP contribution is 2.26. The van der Waals surface area contributed by atoms with Crippen LogP contribution in [0.5, 0.6) is 0 Å². The zero-order chi connectivity index (χ0) is 16.4. The number of ether oxygens (including phenoxy) is 1. The summed E-state index contributed by atoms with van der Waals surface area (Å²) in [6, 6.07) is 3.54. The molecule has 0 atom stereocenters. The molecular formula is C18H20O3S. The van der Waals surface area contributed by atoms with Crippen LogP contribution in [0.3, 0.4) is 0 Å². The lowest BCUT2D eigenvalue weighted by Crippen LogP contribution is -2.17. The van der Waals surface area contributed by atoms with E-state index in [1.807, 2.05) is 33.1 Å². The fourth-order valence-corrected chi connectivity index (χ4v) is 3.17. The van der Waals surface area contributed by atoms with Gasteiger partial charge in [0.05, 0.1) is 10.4 Å². The maximum atomic E-state index is 12.4. The first-order chi connectivity index (χ1) is 10.3. The third kappa shape index (κ3) is 2.97. The molecule has 2 rings (SSSR count). The van der Waals surface area contributed by atoms with Crippen molar-refractivity contribution < 1.29 is 14.3 Å². The van der Waals surface area contributed by atoms with Crippen molar-refractivity contribution in [3.05, 3.63) is 55.8 Å². The monoisotopic (exact) mass is 316 g/mol. The second kappa shape index (κ2) is 6.44. The Morgan fingerprint density at radius 2 is 1.50 bits per heavy atom. The molecular weight excluding hydrogens is 296 g/mol. The number of carbonyl (C=O) groups is 2. The third-order valence-electron chi connectivity index (χ3n) is 4.33. The van der Waals surface area contributed by atoms with Crippen LogP contribution < -0.4 is 0 Å². The third-order valence-corrected chi connectivity index (χ3v) is 5.25. The fourth-order valence-electron chi connectivity index (χ4n) is 2.52. The highest BCUT2D eigenvalue weighted by Gasteiger charge is 2.20. The molecule has 116 valence electrons. The van der Waals surface area contributed by atoms with Crippen LogP contribution in [0.25, 0.3) is 0 Å². The first-order valence-corrected chi connectivity index (χ1v) is 8.03. The maximum absolute atomic E-state index is 12.4. The molecule has 0 spiro atoms. The van der Waals surface area contributed by atoms with E-state index in [4.69, 9.17) is 4.74 Å². The summed E-state index contributed by atoms with van der Waals surface area (Å²) in [6.07, 6.45) is 0. The zero-order valence-electron chi connectivity index (χ0n) is 13.6. The molecule has 0 fully saturated rings. The van der Waals surface area contributed by atoms with Gasteiger partial charge in [0.2, 0.25) is 5.78 Å². The van der Waals surface area contributed by atoms with Gasteiger partial charge in [-0.1, -0.05) is 6.07 Å². The van der Waals surface area contributed by atoms with Crippen LogP contribution in [0, 0.1) is 34.6 Å². The lowest BCUT2D eigenvalue weighted by Gasteiger charge is -2.17. The fraction of sp³-hybridized carbons (Fsp3) is 0.333.